The van der Waals surface area contributed by atoms with E-state index >= 15 is 0 Å². The van der Waals surface area contributed by atoms with E-state index < -0.39 is 22.3 Å². The Labute approximate surface area is 213 Å². The quantitative estimate of drug-likeness (QED) is 0.169. The molecule has 0 saturated carbocycles. The molecule has 0 radical (unpaired) electrons. The summed E-state index contributed by atoms with van der Waals surface area (Å²) in [6.07, 6.45) is 0.347. The van der Waals surface area contributed by atoms with Crippen LogP contribution in [0.4, 0.5) is 0 Å². The molecular formula is C28H33NO6S. The molecule has 0 aliphatic heterocycles. The van der Waals surface area contributed by atoms with E-state index in [0.29, 0.717) is 13.2 Å². The molecule has 36 heavy (non-hydrogen) atoms. The summed E-state index contributed by atoms with van der Waals surface area (Å²) in [6, 6.07) is 26.0. The number of benzene rings is 3. The summed E-state index contributed by atoms with van der Waals surface area (Å²) in [5, 5.41) is 3.92. The molecule has 0 N–H and O–H groups in total. The first-order chi connectivity index (χ1) is 17.4. The monoisotopic (exact) mass is 511 g/mol. The van der Waals surface area contributed by atoms with Crippen LogP contribution < -0.4 is 0 Å². The zero-order valence-electron chi connectivity index (χ0n) is 20.8. The summed E-state index contributed by atoms with van der Waals surface area (Å²) < 4.78 is 43.4. The van der Waals surface area contributed by atoms with Gasteiger partial charge in [-0.1, -0.05) is 90.4 Å². The SMILES string of the molecule is CO/N=C/[C@H](OCc1ccccc1)[C@@H](OCc1ccccc1)[C@H](C)COS(=O)(=O)c1ccc(C)cc1. The lowest BCUT2D eigenvalue weighted by atomic mass is 10.0. The maximum atomic E-state index is 12.8. The molecule has 0 aliphatic rings. The summed E-state index contributed by atoms with van der Waals surface area (Å²) in [5.74, 6) is -0.363. The molecule has 0 saturated heterocycles. The van der Waals surface area contributed by atoms with Crippen LogP contribution in [0.5, 0.6) is 0 Å². The number of nitrogens with zero attached hydrogens (tertiary/aromatic N) is 1. The van der Waals surface area contributed by atoms with Crippen molar-refractivity contribution in [3.05, 3.63) is 102 Å². The zero-order valence-corrected chi connectivity index (χ0v) is 21.6. The second kappa shape index (κ2) is 13.9. The predicted molar refractivity (Wildman–Crippen MR) is 139 cm³/mol. The van der Waals surface area contributed by atoms with Crippen LogP contribution in [0.1, 0.15) is 23.6 Å². The van der Waals surface area contributed by atoms with Crippen molar-refractivity contribution in [2.24, 2.45) is 11.1 Å². The molecule has 192 valence electrons. The van der Waals surface area contributed by atoms with Gasteiger partial charge in [-0.15, -0.1) is 0 Å². The minimum absolute atomic E-state index is 0.0956. The third kappa shape index (κ3) is 8.57. The number of oxime groups is 1. The van der Waals surface area contributed by atoms with Gasteiger partial charge in [0, 0.05) is 5.92 Å². The van der Waals surface area contributed by atoms with E-state index in [-0.39, 0.29) is 17.4 Å². The first-order valence-corrected chi connectivity index (χ1v) is 13.1. The summed E-state index contributed by atoms with van der Waals surface area (Å²) >= 11 is 0. The predicted octanol–water partition coefficient (Wildman–Crippen LogP) is 5.14. The molecule has 0 spiro atoms. The van der Waals surface area contributed by atoms with Crippen molar-refractivity contribution in [1.29, 1.82) is 0 Å². The van der Waals surface area contributed by atoms with Crippen LogP contribution in [-0.4, -0.2) is 40.6 Å². The van der Waals surface area contributed by atoms with Gasteiger partial charge in [0.05, 0.1) is 37.0 Å². The lowest BCUT2D eigenvalue weighted by Crippen LogP contribution is -2.40. The highest BCUT2D eigenvalue weighted by Gasteiger charge is 2.30. The first kappa shape index (κ1) is 27.5. The number of ether oxygens (including phenoxy) is 2. The smallest absolute Gasteiger partial charge is 0.296 e. The van der Waals surface area contributed by atoms with Crippen molar-refractivity contribution < 1.29 is 26.9 Å². The van der Waals surface area contributed by atoms with Crippen molar-refractivity contribution in [3.8, 4) is 0 Å². The molecule has 0 aromatic heterocycles. The Morgan fingerprint density at radius 3 is 1.94 bits per heavy atom. The summed E-state index contributed by atoms with van der Waals surface area (Å²) in [4.78, 5) is 5.02. The molecule has 3 atom stereocenters. The van der Waals surface area contributed by atoms with Gasteiger partial charge < -0.3 is 14.3 Å². The van der Waals surface area contributed by atoms with Gasteiger partial charge in [-0.25, -0.2) is 0 Å². The normalized spacial score (nSPS) is 14.4. The molecule has 0 fully saturated rings. The van der Waals surface area contributed by atoms with Crippen molar-refractivity contribution in [1.82, 2.24) is 0 Å². The van der Waals surface area contributed by atoms with Crippen LogP contribution in [0, 0.1) is 12.8 Å². The highest BCUT2D eigenvalue weighted by Crippen LogP contribution is 2.21. The molecule has 0 aliphatic carbocycles. The molecular weight excluding hydrogens is 478 g/mol. The standard InChI is InChI=1S/C28H33NO6S/c1-22-14-16-26(17-15-22)36(30,31)35-19-23(2)28(34-21-25-12-8-5-9-13-25)27(18-29-32-3)33-20-24-10-6-4-7-11-24/h4-18,23,27-28H,19-21H2,1-3H3/b29-18+/t23-,27+,28+/m1/s1. The highest BCUT2D eigenvalue weighted by atomic mass is 32.2. The van der Waals surface area contributed by atoms with E-state index in [2.05, 4.69) is 5.16 Å². The third-order valence-corrected chi connectivity index (χ3v) is 6.86. The van der Waals surface area contributed by atoms with Crippen molar-refractivity contribution in [2.75, 3.05) is 13.7 Å². The molecule has 0 bridgehead atoms. The summed E-state index contributed by atoms with van der Waals surface area (Å²) in [5.41, 5.74) is 2.93. The Hall–Kier alpha value is -3.04. The second-order valence-corrected chi connectivity index (χ2v) is 10.1. The Balaban J connectivity index is 1.77. The lowest BCUT2D eigenvalue weighted by molar-refractivity contribution is -0.0846. The molecule has 3 aromatic carbocycles. The highest BCUT2D eigenvalue weighted by molar-refractivity contribution is 7.86. The van der Waals surface area contributed by atoms with Gasteiger partial charge in [0.15, 0.2) is 0 Å². The van der Waals surface area contributed by atoms with Gasteiger partial charge in [-0.3, -0.25) is 4.18 Å². The van der Waals surface area contributed by atoms with Crippen LogP contribution in [0.15, 0.2) is 95.0 Å². The van der Waals surface area contributed by atoms with Crippen LogP contribution >= 0.6 is 0 Å². The molecule has 0 heterocycles. The van der Waals surface area contributed by atoms with Crippen LogP contribution in [0.25, 0.3) is 0 Å². The minimum Gasteiger partial charge on any atom is -0.399 e. The Morgan fingerprint density at radius 1 is 0.833 bits per heavy atom. The van der Waals surface area contributed by atoms with Crippen molar-refractivity contribution in [3.63, 3.8) is 0 Å². The minimum atomic E-state index is -3.93. The summed E-state index contributed by atoms with van der Waals surface area (Å²) in [7, 11) is -2.48. The van der Waals surface area contributed by atoms with E-state index in [1.165, 1.54) is 25.5 Å². The number of hydrogen-bond acceptors (Lipinski definition) is 7. The van der Waals surface area contributed by atoms with Crippen LogP contribution in [-0.2, 0) is 41.8 Å². The fourth-order valence-electron chi connectivity index (χ4n) is 3.52. The van der Waals surface area contributed by atoms with Crippen molar-refractivity contribution in [2.45, 2.75) is 44.2 Å². The van der Waals surface area contributed by atoms with Gasteiger partial charge in [0.25, 0.3) is 10.1 Å². The Bertz CT molecular complexity index is 1170. The third-order valence-electron chi connectivity index (χ3n) is 5.56. The van der Waals surface area contributed by atoms with Gasteiger partial charge in [0.2, 0.25) is 0 Å². The molecule has 8 heteroatoms. The molecule has 3 aromatic rings. The van der Waals surface area contributed by atoms with Gasteiger partial charge >= 0.3 is 0 Å². The van der Waals surface area contributed by atoms with E-state index in [0.717, 1.165) is 16.7 Å². The largest absolute Gasteiger partial charge is 0.399 e. The van der Waals surface area contributed by atoms with E-state index in [9.17, 15) is 8.42 Å². The maximum absolute atomic E-state index is 12.8. The Morgan fingerprint density at radius 2 is 1.39 bits per heavy atom. The maximum Gasteiger partial charge on any atom is 0.296 e. The Kier molecular flexibility index (Phi) is 10.6. The molecule has 7 nitrogen and oxygen atoms in total. The van der Waals surface area contributed by atoms with Crippen LogP contribution in [0.2, 0.25) is 0 Å². The average Bonchev–Trinajstić information content (AvgIpc) is 2.90. The topological polar surface area (TPSA) is 83.4 Å². The molecule has 3 rings (SSSR count). The molecule has 0 unspecified atom stereocenters. The first-order valence-electron chi connectivity index (χ1n) is 11.7. The summed E-state index contributed by atoms with van der Waals surface area (Å²) in [6.45, 7) is 4.29. The molecule has 0 amide bonds. The van der Waals surface area contributed by atoms with Crippen LogP contribution in [0.3, 0.4) is 0 Å². The number of rotatable bonds is 14. The second-order valence-electron chi connectivity index (χ2n) is 8.49. The average molecular weight is 512 g/mol. The van der Waals surface area contributed by atoms with Gasteiger partial charge in [-0.05, 0) is 30.2 Å². The fraction of sp³-hybridized carbons (Fsp3) is 0.321. The van der Waals surface area contributed by atoms with E-state index in [4.69, 9.17) is 18.5 Å². The number of hydrogen-bond donors (Lipinski definition) is 0. The van der Waals surface area contributed by atoms with Crippen molar-refractivity contribution >= 4 is 16.3 Å². The van der Waals surface area contributed by atoms with E-state index in [1.54, 1.807) is 12.1 Å². The lowest BCUT2D eigenvalue weighted by Gasteiger charge is -2.29. The van der Waals surface area contributed by atoms with Gasteiger partial charge in [0.1, 0.15) is 13.2 Å². The van der Waals surface area contributed by atoms with E-state index in [1.807, 2.05) is 74.5 Å². The zero-order chi connectivity index (χ0) is 25.8. The number of aryl methyl sites for hydroxylation is 1. The fourth-order valence-corrected chi connectivity index (χ4v) is 4.52. The van der Waals surface area contributed by atoms with Gasteiger partial charge in [-0.2, -0.15) is 8.42 Å².